The Morgan fingerprint density at radius 3 is 2.37 bits per heavy atom. The first-order valence-corrected chi connectivity index (χ1v) is 12.9. The van der Waals surface area contributed by atoms with Crippen molar-refractivity contribution in [2.45, 2.75) is 31.7 Å². The summed E-state index contributed by atoms with van der Waals surface area (Å²) in [7, 11) is 3.95. The molecule has 1 saturated carbocycles. The van der Waals surface area contributed by atoms with Gasteiger partial charge in [-0.3, -0.25) is 4.79 Å². The maximum absolute atomic E-state index is 12.1. The average molecular weight is 512 g/mol. The highest BCUT2D eigenvalue weighted by molar-refractivity contribution is 5.98. The number of hydrogen-bond acceptors (Lipinski definition) is 7. The number of aromatic nitrogens is 4. The van der Waals surface area contributed by atoms with Crippen LogP contribution < -0.4 is 16.2 Å². The Morgan fingerprint density at radius 2 is 1.71 bits per heavy atom. The second-order valence-electron chi connectivity index (χ2n) is 9.98. The van der Waals surface area contributed by atoms with Crippen molar-refractivity contribution in [3.05, 3.63) is 72.6 Å². The monoisotopic (exact) mass is 511 g/mol. The van der Waals surface area contributed by atoms with E-state index in [0.717, 1.165) is 65.0 Å². The fourth-order valence-corrected chi connectivity index (χ4v) is 5.14. The fraction of sp³-hybridized carbons (Fsp3) is 0.310. The lowest BCUT2D eigenvalue weighted by atomic mass is 9.81. The fourth-order valence-electron chi connectivity index (χ4n) is 5.14. The van der Waals surface area contributed by atoms with Crippen LogP contribution in [0.3, 0.4) is 0 Å². The van der Waals surface area contributed by atoms with E-state index >= 15 is 0 Å². The summed E-state index contributed by atoms with van der Waals surface area (Å²) >= 11 is 0. The van der Waals surface area contributed by atoms with E-state index in [1.807, 2.05) is 84.4 Å². The summed E-state index contributed by atoms with van der Waals surface area (Å²) in [5.74, 6) is 1.74. The molecule has 1 aliphatic carbocycles. The average Bonchev–Trinajstić information content (AvgIpc) is 3.31. The molecule has 0 aliphatic heterocycles. The van der Waals surface area contributed by atoms with Gasteiger partial charge in [0.25, 0.3) is 0 Å². The summed E-state index contributed by atoms with van der Waals surface area (Å²) in [5.41, 5.74) is 15.2. The minimum atomic E-state index is -0.331. The van der Waals surface area contributed by atoms with Gasteiger partial charge in [-0.15, -0.1) is 0 Å². The van der Waals surface area contributed by atoms with Gasteiger partial charge in [0.05, 0.1) is 11.4 Å². The topological polar surface area (TPSA) is 125 Å². The number of ether oxygens (including phenoxy) is 1. The molecule has 9 nitrogen and oxygen atoms in total. The highest BCUT2D eigenvalue weighted by atomic mass is 16.5. The van der Waals surface area contributed by atoms with E-state index in [1.54, 1.807) is 0 Å². The number of fused-ring (bicyclic) bond motifs is 1. The zero-order valence-electron chi connectivity index (χ0n) is 21.7. The molecule has 1 aliphatic rings. The number of anilines is 1. The van der Waals surface area contributed by atoms with Gasteiger partial charge in [-0.1, -0.05) is 24.3 Å². The zero-order valence-corrected chi connectivity index (χ0v) is 21.7. The lowest BCUT2D eigenvalue weighted by Gasteiger charge is -2.29. The molecular formula is C29H33N7O2. The van der Waals surface area contributed by atoms with Gasteiger partial charge >= 0.3 is 0 Å². The Morgan fingerprint density at radius 1 is 1.03 bits per heavy atom. The van der Waals surface area contributed by atoms with Gasteiger partial charge in [0.1, 0.15) is 29.3 Å². The maximum Gasteiger partial charge on any atom is 0.244 e. The molecule has 1 fully saturated rings. The lowest BCUT2D eigenvalue weighted by molar-refractivity contribution is -0.115. The zero-order chi connectivity index (χ0) is 26.6. The number of carbonyl (C=O) groups is 1. The lowest BCUT2D eigenvalue weighted by Crippen LogP contribution is -2.27. The third-order valence-electron chi connectivity index (χ3n) is 7.07. The van der Waals surface area contributed by atoms with E-state index in [2.05, 4.69) is 9.97 Å². The smallest absolute Gasteiger partial charge is 0.244 e. The second kappa shape index (κ2) is 11.0. The number of nitrogens with two attached hydrogens (primary N) is 2. The molecule has 1 amide bonds. The van der Waals surface area contributed by atoms with E-state index in [-0.39, 0.29) is 17.9 Å². The summed E-state index contributed by atoms with van der Waals surface area (Å²) in [6.07, 6.45) is 6.89. The molecular weight excluding hydrogens is 478 g/mol. The summed E-state index contributed by atoms with van der Waals surface area (Å²) in [6, 6.07) is 17.6. The van der Waals surface area contributed by atoms with E-state index in [0.29, 0.717) is 12.4 Å². The number of nitrogens with zero attached hydrogens (tertiary/aromatic N) is 5. The van der Waals surface area contributed by atoms with Crippen molar-refractivity contribution in [2.24, 2.45) is 11.7 Å². The van der Waals surface area contributed by atoms with Crippen LogP contribution in [0.4, 0.5) is 5.82 Å². The van der Waals surface area contributed by atoms with Gasteiger partial charge < -0.3 is 21.1 Å². The van der Waals surface area contributed by atoms with Crippen LogP contribution in [0.5, 0.6) is 11.5 Å². The number of likely N-dealkylation sites (N-methyl/N-ethyl adjacent to an activating group) is 1. The van der Waals surface area contributed by atoms with Crippen molar-refractivity contribution >= 4 is 22.8 Å². The molecule has 4 N–H and O–H groups in total. The maximum atomic E-state index is 12.1. The molecule has 0 unspecified atom stereocenters. The van der Waals surface area contributed by atoms with Crippen LogP contribution in [0.25, 0.3) is 22.3 Å². The van der Waals surface area contributed by atoms with E-state index in [4.69, 9.17) is 21.3 Å². The molecule has 4 aromatic rings. The van der Waals surface area contributed by atoms with Gasteiger partial charge in [-0.25, -0.2) is 14.6 Å². The number of rotatable bonds is 8. The standard InChI is InChI=1S/C29H33N7O2/c1-35(2)17-16-24(28(31)37)19-8-12-21(13-9-19)36-29-25(27(30)32-18-33-29)26(34-36)20-10-14-23(15-11-20)38-22-6-4-3-5-7-22/h3-7,10-11,14-16,18-19,21H,8-9,12-13,17H2,1-2H3,(H2,31,37)(H2,30,32,33). The number of amides is 1. The number of para-hydroxylation sites is 1. The molecule has 0 atom stereocenters. The molecule has 2 aromatic heterocycles. The predicted octanol–water partition coefficient (Wildman–Crippen LogP) is 4.57. The molecule has 196 valence electrons. The van der Waals surface area contributed by atoms with Crippen molar-refractivity contribution < 1.29 is 9.53 Å². The first kappa shape index (κ1) is 25.4. The second-order valence-corrected chi connectivity index (χ2v) is 9.98. The van der Waals surface area contributed by atoms with Crippen molar-refractivity contribution in [1.82, 2.24) is 24.6 Å². The van der Waals surface area contributed by atoms with Crippen molar-refractivity contribution in [1.29, 1.82) is 0 Å². The summed E-state index contributed by atoms with van der Waals surface area (Å²) < 4.78 is 7.93. The first-order valence-electron chi connectivity index (χ1n) is 12.9. The van der Waals surface area contributed by atoms with Gasteiger partial charge in [0.2, 0.25) is 5.91 Å². The largest absolute Gasteiger partial charge is 0.457 e. The van der Waals surface area contributed by atoms with Crippen LogP contribution in [-0.4, -0.2) is 51.2 Å². The quantitative estimate of drug-likeness (QED) is 0.332. The van der Waals surface area contributed by atoms with Gasteiger partial charge in [-0.05, 0) is 82.1 Å². The van der Waals surface area contributed by atoms with Crippen molar-refractivity contribution in [2.75, 3.05) is 26.4 Å². The normalized spacial score (nSPS) is 18.1. The SMILES string of the molecule is CN(C)CC=C(C(N)=O)C1CCC(n2nc(-c3ccc(Oc4ccccc4)cc3)c3c(N)ncnc32)CC1. The minimum absolute atomic E-state index is 0.139. The van der Waals surface area contributed by atoms with E-state index in [9.17, 15) is 4.79 Å². The Balaban J connectivity index is 1.40. The van der Waals surface area contributed by atoms with Crippen LogP contribution >= 0.6 is 0 Å². The number of carbonyl (C=O) groups excluding carboxylic acids is 1. The number of nitrogen functional groups attached to an aromatic ring is 1. The third kappa shape index (κ3) is 5.38. The summed E-state index contributed by atoms with van der Waals surface area (Å²) in [4.78, 5) is 23.0. The molecule has 38 heavy (non-hydrogen) atoms. The number of benzene rings is 2. The molecule has 2 heterocycles. The van der Waals surface area contributed by atoms with Crippen molar-refractivity contribution in [3.8, 4) is 22.8 Å². The van der Waals surface area contributed by atoms with E-state index in [1.165, 1.54) is 6.33 Å². The molecule has 5 rings (SSSR count). The molecule has 0 saturated heterocycles. The number of hydrogen-bond donors (Lipinski definition) is 2. The molecule has 0 bridgehead atoms. The van der Waals surface area contributed by atoms with Crippen LogP contribution in [0.2, 0.25) is 0 Å². The highest BCUT2D eigenvalue weighted by Gasteiger charge is 2.29. The Labute approximate surface area is 222 Å². The Bertz CT molecular complexity index is 1440. The Hall–Kier alpha value is -4.24. The van der Waals surface area contributed by atoms with Gasteiger partial charge in [-0.2, -0.15) is 5.10 Å². The third-order valence-corrected chi connectivity index (χ3v) is 7.07. The minimum Gasteiger partial charge on any atom is -0.457 e. The Kier molecular flexibility index (Phi) is 7.37. The first-order chi connectivity index (χ1) is 18.4. The molecule has 2 aromatic carbocycles. The highest BCUT2D eigenvalue weighted by Crippen LogP contribution is 2.39. The molecule has 0 spiro atoms. The van der Waals surface area contributed by atoms with Crippen molar-refractivity contribution in [3.63, 3.8) is 0 Å². The summed E-state index contributed by atoms with van der Waals surface area (Å²) in [5, 5.41) is 5.75. The molecule has 9 heteroatoms. The van der Waals surface area contributed by atoms with Crippen LogP contribution in [0.1, 0.15) is 31.7 Å². The van der Waals surface area contributed by atoms with Gasteiger partial charge in [0.15, 0.2) is 5.65 Å². The van der Waals surface area contributed by atoms with E-state index < -0.39 is 0 Å². The van der Waals surface area contributed by atoms with Crippen LogP contribution in [-0.2, 0) is 4.79 Å². The van der Waals surface area contributed by atoms with Crippen LogP contribution in [0.15, 0.2) is 72.6 Å². The molecule has 0 radical (unpaired) electrons. The predicted molar refractivity (Wildman–Crippen MR) is 149 cm³/mol. The summed E-state index contributed by atoms with van der Waals surface area (Å²) in [6.45, 7) is 0.691. The van der Waals surface area contributed by atoms with Gasteiger partial charge in [0, 0.05) is 17.7 Å². The van der Waals surface area contributed by atoms with Crippen LogP contribution in [0, 0.1) is 5.92 Å². The number of primary amides is 1.